The zero-order valence-corrected chi connectivity index (χ0v) is 10.3. The molecular weight excluding hydrogens is 287 g/mol. The highest BCUT2D eigenvalue weighted by molar-refractivity contribution is 5.73. The summed E-state index contributed by atoms with van der Waals surface area (Å²) < 4.78 is 42.0. The van der Waals surface area contributed by atoms with Crippen LogP contribution in [-0.2, 0) is 0 Å². The topological polar surface area (TPSA) is 111 Å². The Balaban J connectivity index is 2.62. The first kappa shape index (κ1) is 14.4. The van der Waals surface area contributed by atoms with Gasteiger partial charge < -0.3 is 16.2 Å². The van der Waals surface area contributed by atoms with Gasteiger partial charge in [-0.05, 0) is 12.1 Å². The Morgan fingerprint density at radius 3 is 2.52 bits per heavy atom. The number of nitrogen functional groups attached to an aromatic ring is 2. The van der Waals surface area contributed by atoms with Crippen LogP contribution in [0.4, 0.5) is 24.9 Å². The van der Waals surface area contributed by atoms with E-state index in [1.165, 1.54) is 0 Å². The molecule has 0 aliphatic heterocycles. The second-order valence-electron chi connectivity index (χ2n) is 3.86. The monoisotopic (exact) mass is 295 g/mol. The van der Waals surface area contributed by atoms with Crippen LogP contribution in [0.25, 0.3) is 11.3 Å². The van der Waals surface area contributed by atoms with Crippen LogP contribution in [0.5, 0.6) is 5.75 Å². The third-order valence-corrected chi connectivity index (χ3v) is 2.44. The number of hydrogen-bond acceptors (Lipinski definition) is 6. The minimum Gasteiger partial charge on any atom is -0.435 e. The molecule has 2 rings (SSSR count). The van der Waals surface area contributed by atoms with Gasteiger partial charge in [0.25, 0.3) is 0 Å². The summed E-state index contributed by atoms with van der Waals surface area (Å²) in [6.45, 7) is -3.12. The molecular formula is C12H8F3N5O. The van der Waals surface area contributed by atoms with Gasteiger partial charge in [-0.2, -0.15) is 19.0 Å². The van der Waals surface area contributed by atoms with E-state index < -0.39 is 18.2 Å². The van der Waals surface area contributed by atoms with Crippen molar-refractivity contribution in [2.45, 2.75) is 6.61 Å². The Morgan fingerprint density at radius 1 is 1.19 bits per heavy atom. The van der Waals surface area contributed by atoms with E-state index in [9.17, 15) is 13.2 Å². The van der Waals surface area contributed by atoms with Crippen LogP contribution in [0.3, 0.4) is 0 Å². The fraction of sp³-hybridized carbons (Fsp3) is 0.0833. The average Bonchev–Trinajstić information content (AvgIpc) is 2.36. The number of benzene rings is 1. The van der Waals surface area contributed by atoms with Gasteiger partial charge in [0, 0.05) is 11.6 Å². The fourth-order valence-electron chi connectivity index (χ4n) is 1.69. The number of nitriles is 1. The van der Waals surface area contributed by atoms with Crippen molar-refractivity contribution in [1.82, 2.24) is 9.97 Å². The van der Waals surface area contributed by atoms with Gasteiger partial charge in [-0.25, -0.2) is 9.37 Å². The first-order valence-electron chi connectivity index (χ1n) is 5.49. The molecule has 2 aromatic rings. The quantitative estimate of drug-likeness (QED) is 0.894. The van der Waals surface area contributed by atoms with Crippen molar-refractivity contribution in [2.75, 3.05) is 11.5 Å². The van der Waals surface area contributed by atoms with E-state index in [1.54, 1.807) is 6.07 Å². The summed E-state index contributed by atoms with van der Waals surface area (Å²) in [5.41, 5.74) is 10.8. The van der Waals surface area contributed by atoms with E-state index >= 15 is 0 Å². The van der Waals surface area contributed by atoms with E-state index in [2.05, 4.69) is 14.7 Å². The minimum atomic E-state index is -3.12. The van der Waals surface area contributed by atoms with Gasteiger partial charge in [0.2, 0.25) is 5.95 Å². The maximum absolute atomic E-state index is 13.5. The molecule has 0 atom stereocenters. The van der Waals surface area contributed by atoms with Crippen molar-refractivity contribution in [3.63, 3.8) is 0 Å². The van der Waals surface area contributed by atoms with Crippen LogP contribution in [0, 0.1) is 17.1 Å². The standard InChI is InChI=1S/C12H8F3N5O/c13-6-1-5(2-7(3-6)21-11(14)15)9-8(4-16)10(17)20-12(18)19-9/h1-3,11H,(H4,17,18,19,20). The molecule has 9 heteroatoms. The summed E-state index contributed by atoms with van der Waals surface area (Å²) in [6, 6.07) is 4.61. The number of alkyl halides is 2. The van der Waals surface area contributed by atoms with Gasteiger partial charge >= 0.3 is 6.61 Å². The molecule has 0 aliphatic carbocycles. The Labute approximate surface area is 116 Å². The summed E-state index contributed by atoms with van der Waals surface area (Å²) in [6.07, 6.45) is 0. The second kappa shape index (κ2) is 5.54. The van der Waals surface area contributed by atoms with Crippen LogP contribution in [-0.4, -0.2) is 16.6 Å². The number of nitrogens with two attached hydrogens (primary N) is 2. The van der Waals surface area contributed by atoms with Crippen LogP contribution in [0.15, 0.2) is 18.2 Å². The molecule has 1 aromatic heterocycles. The molecule has 0 radical (unpaired) electrons. The van der Waals surface area contributed by atoms with Crippen LogP contribution < -0.4 is 16.2 Å². The van der Waals surface area contributed by atoms with Gasteiger partial charge in [0.1, 0.15) is 29.0 Å². The molecule has 108 valence electrons. The molecule has 0 unspecified atom stereocenters. The van der Waals surface area contributed by atoms with Crippen molar-refractivity contribution in [2.24, 2.45) is 0 Å². The summed E-state index contributed by atoms with van der Waals surface area (Å²) in [5, 5.41) is 9.04. The summed E-state index contributed by atoms with van der Waals surface area (Å²) in [4.78, 5) is 7.39. The van der Waals surface area contributed by atoms with Crippen molar-refractivity contribution < 1.29 is 17.9 Å². The third kappa shape index (κ3) is 3.11. The van der Waals surface area contributed by atoms with Crippen molar-refractivity contribution in [3.05, 3.63) is 29.6 Å². The summed E-state index contributed by atoms with van der Waals surface area (Å²) >= 11 is 0. The smallest absolute Gasteiger partial charge is 0.387 e. The molecule has 0 spiro atoms. The lowest BCUT2D eigenvalue weighted by atomic mass is 10.1. The maximum atomic E-state index is 13.5. The molecule has 0 fully saturated rings. The highest BCUT2D eigenvalue weighted by atomic mass is 19.3. The second-order valence-corrected chi connectivity index (χ2v) is 3.86. The minimum absolute atomic E-state index is 0.0167. The number of aromatic nitrogens is 2. The van der Waals surface area contributed by atoms with Gasteiger partial charge in [-0.1, -0.05) is 0 Å². The number of halogens is 3. The van der Waals surface area contributed by atoms with Gasteiger partial charge in [-0.15, -0.1) is 0 Å². The molecule has 0 bridgehead atoms. The number of rotatable bonds is 3. The molecule has 1 heterocycles. The van der Waals surface area contributed by atoms with E-state index in [4.69, 9.17) is 16.7 Å². The SMILES string of the molecule is N#Cc1c(N)nc(N)nc1-c1cc(F)cc(OC(F)F)c1. The van der Waals surface area contributed by atoms with Crippen molar-refractivity contribution in [3.8, 4) is 23.1 Å². The first-order valence-corrected chi connectivity index (χ1v) is 5.49. The van der Waals surface area contributed by atoms with Gasteiger partial charge in [0.05, 0.1) is 5.69 Å². The van der Waals surface area contributed by atoms with Crippen molar-refractivity contribution in [1.29, 1.82) is 5.26 Å². The summed E-state index contributed by atoms with van der Waals surface area (Å²) in [7, 11) is 0. The van der Waals surface area contributed by atoms with E-state index in [0.29, 0.717) is 0 Å². The fourth-order valence-corrected chi connectivity index (χ4v) is 1.69. The van der Waals surface area contributed by atoms with E-state index in [1.807, 2.05) is 0 Å². The predicted molar refractivity (Wildman–Crippen MR) is 67.6 cm³/mol. The molecule has 6 nitrogen and oxygen atoms in total. The molecule has 0 amide bonds. The largest absolute Gasteiger partial charge is 0.435 e. The first-order chi connectivity index (χ1) is 9.90. The Kier molecular flexibility index (Phi) is 3.80. The highest BCUT2D eigenvalue weighted by Crippen LogP contribution is 2.29. The van der Waals surface area contributed by atoms with E-state index in [-0.39, 0.29) is 28.6 Å². The number of hydrogen-bond donors (Lipinski definition) is 2. The van der Waals surface area contributed by atoms with Crippen molar-refractivity contribution >= 4 is 11.8 Å². The Morgan fingerprint density at radius 2 is 1.90 bits per heavy atom. The molecule has 0 saturated heterocycles. The molecule has 0 saturated carbocycles. The zero-order chi connectivity index (χ0) is 15.6. The van der Waals surface area contributed by atoms with E-state index in [0.717, 1.165) is 18.2 Å². The third-order valence-electron chi connectivity index (χ3n) is 2.44. The lowest BCUT2D eigenvalue weighted by molar-refractivity contribution is -0.0499. The Bertz CT molecular complexity index is 730. The van der Waals surface area contributed by atoms with Crippen LogP contribution in [0.1, 0.15) is 5.56 Å². The lowest BCUT2D eigenvalue weighted by Crippen LogP contribution is -2.06. The molecule has 1 aromatic carbocycles. The maximum Gasteiger partial charge on any atom is 0.387 e. The van der Waals surface area contributed by atoms with Crippen LogP contribution >= 0.6 is 0 Å². The predicted octanol–water partition coefficient (Wildman–Crippen LogP) is 1.92. The molecule has 21 heavy (non-hydrogen) atoms. The molecule has 4 N–H and O–H groups in total. The Hall–Kier alpha value is -3.02. The lowest BCUT2D eigenvalue weighted by Gasteiger charge is -2.09. The summed E-state index contributed by atoms with van der Waals surface area (Å²) in [5.74, 6) is -1.69. The normalized spacial score (nSPS) is 10.4. The molecule has 0 aliphatic rings. The van der Waals surface area contributed by atoms with Gasteiger partial charge in [-0.3, -0.25) is 0 Å². The highest BCUT2D eigenvalue weighted by Gasteiger charge is 2.16. The van der Waals surface area contributed by atoms with Gasteiger partial charge in [0.15, 0.2) is 0 Å². The average molecular weight is 295 g/mol. The van der Waals surface area contributed by atoms with Crippen LogP contribution in [0.2, 0.25) is 0 Å². The number of ether oxygens (including phenoxy) is 1. The number of nitrogens with zero attached hydrogens (tertiary/aromatic N) is 3. The zero-order valence-electron chi connectivity index (χ0n) is 10.3. The number of anilines is 2.